The molecule has 38 heteroatoms. The van der Waals surface area contributed by atoms with Gasteiger partial charge in [-0.1, -0.05) is 77.0 Å². The summed E-state index contributed by atoms with van der Waals surface area (Å²) < 4.78 is 95.1. The van der Waals surface area contributed by atoms with Gasteiger partial charge in [0, 0.05) is 99.8 Å². The molecule has 0 aliphatic carbocycles. The molecule has 5 N–H and O–H groups in total. The van der Waals surface area contributed by atoms with Crippen molar-refractivity contribution in [1.29, 1.82) is 0 Å². The van der Waals surface area contributed by atoms with Gasteiger partial charge in [0.25, 0.3) is 0 Å². The van der Waals surface area contributed by atoms with Crippen LogP contribution in [0.15, 0.2) is 160 Å². The summed E-state index contributed by atoms with van der Waals surface area (Å²) >= 11 is 37.1. The van der Waals surface area contributed by atoms with Crippen molar-refractivity contribution in [3.05, 3.63) is 178 Å². The number of hydrogen-bond acceptors (Lipinski definition) is 25. The van der Waals surface area contributed by atoms with Crippen LogP contribution in [0.5, 0.6) is 5.75 Å². The molecular formula is C66H51Cl6F3N18O10S. The minimum absolute atomic E-state index is 0. The fraction of sp³-hybridized carbons (Fsp3) is 0.152. The van der Waals surface area contributed by atoms with Crippen LogP contribution in [0.2, 0.25) is 30.5 Å². The average Bonchev–Trinajstić information content (AvgIpc) is 1.62. The Labute approximate surface area is 615 Å². The molecule has 534 valence electrons. The van der Waals surface area contributed by atoms with E-state index in [0.29, 0.717) is 99.3 Å². The highest BCUT2D eigenvalue weighted by atomic mass is 35.5. The van der Waals surface area contributed by atoms with Crippen LogP contribution in [0.25, 0.3) is 100 Å². The van der Waals surface area contributed by atoms with Gasteiger partial charge in [-0.25, -0.2) is 54.4 Å². The summed E-state index contributed by atoms with van der Waals surface area (Å²) in [6.45, 7) is 10.7. The van der Waals surface area contributed by atoms with E-state index < -0.39 is 50.5 Å². The summed E-state index contributed by atoms with van der Waals surface area (Å²) in [5.74, 6) is 0.320. The Balaban J connectivity index is 0.000000142. The maximum atomic E-state index is 12.7. The third-order valence-electron chi connectivity index (χ3n) is 14.0. The Bertz CT molecular complexity index is 5840. The molecule has 0 saturated carbocycles. The van der Waals surface area contributed by atoms with E-state index in [1.807, 2.05) is 12.1 Å². The zero-order valence-electron chi connectivity index (χ0n) is 53.6. The van der Waals surface area contributed by atoms with Crippen molar-refractivity contribution >= 4 is 186 Å². The van der Waals surface area contributed by atoms with Crippen LogP contribution in [0, 0.1) is 0 Å². The summed E-state index contributed by atoms with van der Waals surface area (Å²) in [5.41, 5.74) is 4.42. The van der Waals surface area contributed by atoms with Gasteiger partial charge in [-0.15, -0.1) is 0 Å². The van der Waals surface area contributed by atoms with E-state index in [2.05, 4.69) is 80.1 Å². The van der Waals surface area contributed by atoms with Gasteiger partial charge in [-0.05, 0) is 114 Å². The second-order valence-electron chi connectivity index (χ2n) is 23.3. The van der Waals surface area contributed by atoms with Crippen LogP contribution < -0.4 is 20.6 Å². The molecule has 0 bridgehead atoms. The lowest BCUT2D eigenvalue weighted by Crippen LogP contribution is -2.28. The molecule has 104 heavy (non-hydrogen) atoms. The second-order valence-corrected chi connectivity index (χ2v) is 27.2. The Morgan fingerprint density at radius 2 is 0.894 bits per heavy atom. The van der Waals surface area contributed by atoms with E-state index >= 15 is 0 Å². The van der Waals surface area contributed by atoms with Crippen molar-refractivity contribution in [2.45, 2.75) is 65.7 Å². The number of nitrogens with zero attached hydrogens (tertiary/aromatic N) is 14. The molecule has 12 heterocycles. The number of fused-ring (bicyclic) bond motifs is 6. The number of anilines is 5. The highest BCUT2D eigenvalue weighted by molar-refractivity contribution is 7.88. The molecule has 0 unspecified atom stereocenters. The van der Waals surface area contributed by atoms with Gasteiger partial charge in [0.1, 0.15) is 22.2 Å². The average molecular weight is 1560 g/mol. The molecule has 0 spiro atoms. The zero-order chi connectivity index (χ0) is 73.4. The minimum atomic E-state index is -5.93. The largest absolute Gasteiger partial charge is 0.534 e. The van der Waals surface area contributed by atoms with E-state index in [0.717, 1.165) is 37.5 Å². The van der Waals surface area contributed by atoms with Crippen molar-refractivity contribution in [1.82, 2.24) is 74.6 Å². The van der Waals surface area contributed by atoms with E-state index in [9.17, 15) is 31.2 Å². The Hall–Kier alpha value is -11.0. The molecule has 0 aliphatic heterocycles. The number of nitrogen functional groups attached to an aromatic ring is 1. The van der Waals surface area contributed by atoms with E-state index in [1.165, 1.54) is 30.7 Å². The monoisotopic (exact) mass is 1550 g/mol. The Kier molecular flexibility index (Phi) is 21.2. The molecule has 0 aliphatic rings. The summed E-state index contributed by atoms with van der Waals surface area (Å²) in [6.07, 6.45) is 17.0. The number of H-pyrrole nitrogens is 1. The number of alkyl halides is 3. The summed E-state index contributed by atoms with van der Waals surface area (Å²) in [6, 6.07) is 20.1. The minimum Gasteiger partial charge on any atom is -0.447 e. The lowest BCUT2D eigenvalue weighted by atomic mass is 10.2. The van der Waals surface area contributed by atoms with E-state index in [1.54, 1.807) is 140 Å². The van der Waals surface area contributed by atoms with Crippen LogP contribution in [0.3, 0.4) is 0 Å². The number of pyridine rings is 3. The zero-order valence-corrected chi connectivity index (χ0v) is 58.9. The predicted molar refractivity (Wildman–Crippen MR) is 387 cm³/mol. The van der Waals surface area contributed by atoms with Gasteiger partial charge in [0.05, 0.1) is 55.9 Å². The van der Waals surface area contributed by atoms with Crippen molar-refractivity contribution in [2.75, 3.05) is 16.4 Å². The van der Waals surface area contributed by atoms with Gasteiger partial charge >= 0.3 is 27.8 Å². The fourth-order valence-electron chi connectivity index (χ4n) is 9.75. The van der Waals surface area contributed by atoms with E-state index in [-0.39, 0.29) is 39.7 Å². The first-order valence-corrected chi connectivity index (χ1v) is 33.4. The molecule has 3 aromatic carbocycles. The Morgan fingerprint density at radius 3 is 1.36 bits per heavy atom. The molecule has 15 aromatic rings. The summed E-state index contributed by atoms with van der Waals surface area (Å²) in [4.78, 5) is 61.4. The molecule has 0 radical (unpaired) electrons. The normalized spacial score (nSPS) is 11.7. The number of halogens is 9. The first-order chi connectivity index (χ1) is 48.9. The number of ether oxygens (including phenoxy) is 2. The molecule has 0 atom stereocenters. The highest BCUT2D eigenvalue weighted by Crippen LogP contribution is 2.46. The van der Waals surface area contributed by atoms with Gasteiger partial charge in [0.15, 0.2) is 61.2 Å². The molecular weight excluding hydrogens is 1510 g/mol. The number of carbonyl (C=O) groups excluding carboxylic acids is 2. The van der Waals surface area contributed by atoms with Crippen molar-refractivity contribution in [3.63, 3.8) is 0 Å². The molecule has 0 fully saturated rings. The first kappa shape index (κ1) is 74.2. The molecule has 0 saturated heterocycles. The lowest BCUT2D eigenvalue weighted by molar-refractivity contribution is -0.0499. The maximum Gasteiger partial charge on any atom is 0.534 e. The number of furan rings is 3. The van der Waals surface area contributed by atoms with Crippen molar-refractivity contribution in [2.24, 2.45) is 0 Å². The first-order valence-electron chi connectivity index (χ1n) is 29.7. The standard InChI is InChI=1S/C23H18Cl2N6O3.C18H10Cl2N6O.C12H5ClF3N3O4S.C12H14ClN3O2.CH4/c1-23(2,3)34-22(32)31-17-13(11-29-31)15(6-5-14(17)24)30-16-12-7-10-26-20(25)18(12)33-19(16)21-27-8-4-9-28-21;19-11-2-3-12(10-8-24-26-13(10)11)25-14-9-4-7-21-17(20)15(9)27-16(14)18-22-5-1-6-23-18;13-10-8-6(2-5-17-10)7(23-24(20,21)12(14,15)16)9(22-8)11-18-3-1-4-19-11;1-12(2,3)18-11(17)16-10-7(6-15-16)9(14)5-4-8(10)13;/h4-11,30H,1-3H3;1-8,25H,(H,24,26);1-5H;4-6H,14H2,1-3H3;1H4. The third kappa shape index (κ3) is 15.5. The second kappa shape index (κ2) is 29.8. The van der Waals surface area contributed by atoms with Crippen LogP contribution in [-0.2, 0) is 19.6 Å². The number of benzene rings is 3. The maximum absolute atomic E-state index is 12.7. The topological polar surface area (TPSA) is 366 Å². The van der Waals surface area contributed by atoms with Crippen LogP contribution >= 0.6 is 69.6 Å². The number of aromatic amines is 1. The quantitative estimate of drug-likeness (QED) is 0.0451. The van der Waals surface area contributed by atoms with Gasteiger partial charge in [-0.2, -0.15) is 46.2 Å². The lowest BCUT2D eigenvalue weighted by Gasteiger charge is -2.19. The van der Waals surface area contributed by atoms with Gasteiger partial charge in [0.2, 0.25) is 11.5 Å². The number of nitrogens with two attached hydrogens (primary N) is 1. The number of carbonyl (C=O) groups is 2. The van der Waals surface area contributed by atoms with E-state index in [4.69, 9.17) is 98.1 Å². The Morgan fingerprint density at radius 1 is 0.500 bits per heavy atom. The third-order valence-corrected chi connectivity index (χ3v) is 16.7. The predicted octanol–water partition coefficient (Wildman–Crippen LogP) is 18.5. The molecule has 12 aromatic heterocycles. The van der Waals surface area contributed by atoms with Crippen LogP contribution in [0.4, 0.5) is 51.2 Å². The molecule has 15 rings (SSSR count). The SMILES string of the molecule is C.CC(C)(C)OC(=O)n1ncc2c(N)ccc(Cl)c21.CC(C)(C)OC(=O)n1ncc2c(Nc3c(-c4ncccn4)oc4c(Cl)nccc34)ccc(Cl)c21.Clc1ccc(Nc2c(-c3ncccn3)oc3c(Cl)nccc23)c2cn[nH]c12.O=S(=O)(Oc1c(-c2ncccn2)oc2c(Cl)nccc12)C(F)(F)F. The number of aromatic nitrogens is 15. The number of hydrogen-bond donors (Lipinski definition) is 4. The molecule has 0 amide bonds. The number of rotatable bonds is 9. The fourth-order valence-corrected chi connectivity index (χ4v) is 11.5. The molecule has 28 nitrogen and oxygen atoms in total. The van der Waals surface area contributed by atoms with Crippen LogP contribution in [-0.4, -0.2) is 112 Å². The van der Waals surface area contributed by atoms with Gasteiger partial charge < -0.3 is 43.3 Å². The van der Waals surface area contributed by atoms with Gasteiger partial charge in [-0.3, -0.25) is 5.10 Å². The summed E-state index contributed by atoms with van der Waals surface area (Å²) in [7, 11) is -5.93. The summed E-state index contributed by atoms with van der Waals surface area (Å²) in [5, 5.41) is 27.0. The highest BCUT2D eigenvalue weighted by Gasteiger charge is 2.49. The smallest absolute Gasteiger partial charge is 0.447 e. The number of nitrogens with one attached hydrogen (secondary N) is 3. The van der Waals surface area contributed by atoms with Crippen molar-refractivity contribution < 1.29 is 58.1 Å². The van der Waals surface area contributed by atoms with Crippen LogP contribution in [0.1, 0.15) is 49.0 Å². The van der Waals surface area contributed by atoms with Crippen molar-refractivity contribution in [3.8, 4) is 40.5 Å².